The van der Waals surface area contributed by atoms with Gasteiger partial charge in [-0.3, -0.25) is 4.79 Å². The molecule has 0 amide bonds. The number of H-pyrrole nitrogens is 1. The number of aromatic nitrogens is 4. The third-order valence-electron chi connectivity index (χ3n) is 2.80. The Kier molecular flexibility index (Phi) is 3.45. The molecule has 0 aliphatic heterocycles. The molecule has 96 valence electrons. The number of hydrogen-bond acceptors (Lipinski definition) is 4. The molecule has 0 atom stereocenters. The van der Waals surface area contributed by atoms with E-state index in [9.17, 15) is 4.79 Å². The Morgan fingerprint density at radius 3 is 2.89 bits per heavy atom. The quantitative estimate of drug-likeness (QED) is 0.863. The van der Waals surface area contributed by atoms with Crippen LogP contribution in [0.25, 0.3) is 0 Å². The number of aryl methyl sites for hydroxylation is 2. The van der Waals surface area contributed by atoms with Crippen LogP contribution in [0.3, 0.4) is 0 Å². The molecule has 0 saturated heterocycles. The Hall–Kier alpha value is -2.11. The van der Waals surface area contributed by atoms with E-state index in [2.05, 4.69) is 15.0 Å². The molecular weight excluding hydrogens is 230 g/mol. The van der Waals surface area contributed by atoms with Gasteiger partial charge in [-0.05, 0) is 0 Å². The summed E-state index contributed by atoms with van der Waals surface area (Å²) in [5, 5.41) is 0. The Morgan fingerprint density at radius 2 is 2.28 bits per heavy atom. The van der Waals surface area contributed by atoms with Gasteiger partial charge in [-0.15, -0.1) is 0 Å². The van der Waals surface area contributed by atoms with E-state index in [1.807, 2.05) is 36.7 Å². The molecule has 0 aromatic carbocycles. The number of imidazole rings is 1. The second kappa shape index (κ2) is 5.03. The second-order valence-electron chi connectivity index (χ2n) is 4.21. The van der Waals surface area contributed by atoms with Crippen LogP contribution in [0.2, 0.25) is 0 Å². The monoisotopic (exact) mass is 247 g/mol. The number of nitrogens with zero attached hydrogens (tertiary/aromatic N) is 4. The Bertz CT molecular complexity index is 586. The van der Waals surface area contributed by atoms with Crippen molar-refractivity contribution in [2.24, 2.45) is 7.05 Å². The zero-order valence-electron chi connectivity index (χ0n) is 10.8. The fraction of sp³-hybridized carbons (Fsp3) is 0.417. The molecule has 6 heteroatoms. The minimum Gasteiger partial charge on any atom is -0.352 e. The predicted molar refractivity (Wildman–Crippen MR) is 69.6 cm³/mol. The molecule has 0 saturated carbocycles. The molecule has 2 aromatic heterocycles. The molecule has 2 aromatic rings. The highest BCUT2D eigenvalue weighted by molar-refractivity contribution is 5.36. The van der Waals surface area contributed by atoms with Crippen LogP contribution in [0.15, 0.2) is 23.3 Å². The van der Waals surface area contributed by atoms with E-state index in [4.69, 9.17) is 0 Å². The van der Waals surface area contributed by atoms with Crippen LogP contribution in [0, 0.1) is 0 Å². The Labute approximate surface area is 105 Å². The molecule has 0 fully saturated rings. The molecular formula is C12H17N5O. The van der Waals surface area contributed by atoms with Crippen LogP contribution in [0.1, 0.15) is 18.6 Å². The molecule has 0 unspecified atom stereocenters. The minimum absolute atomic E-state index is 0.122. The van der Waals surface area contributed by atoms with E-state index < -0.39 is 0 Å². The van der Waals surface area contributed by atoms with Crippen molar-refractivity contribution in [1.29, 1.82) is 0 Å². The summed E-state index contributed by atoms with van der Waals surface area (Å²) in [5.41, 5.74) is -0.122. The van der Waals surface area contributed by atoms with Gasteiger partial charge >= 0.3 is 0 Å². The van der Waals surface area contributed by atoms with E-state index in [0.717, 1.165) is 5.82 Å². The van der Waals surface area contributed by atoms with Gasteiger partial charge < -0.3 is 14.5 Å². The van der Waals surface area contributed by atoms with Gasteiger partial charge in [0.05, 0.1) is 6.54 Å². The number of nitrogens with one attached hydrogen (secondary N) is 1. The van der Waals surface area contributed by atoms with Crippen molar-refractivity contribution in [3.05, 3.63) is 40.5 Å². The van der Waals surface area contributed by atoms with Crippen LogP contribution in [-0.2, 0) is 20.0 Å². The maximum Gasteiger partial charge on any atom is 0.252 e. The molecule has 18 heavy (non-hydrogen) atoms. The van der Waals surface area contributed by atoms with Crippen LogP contribution in [-0.4, -0.2) is 26.6 Å². The number of rotatable bonds is 4. The van der Waals surface area contributed by atoms with E-state index >= 15 is 0 Å². The lowest BCUT2D eigenvalue weighted by atomic mass is 10.4. The summed E-state index contributed by atoms with van der Waals surface area (Å²) >= 11 is 0. The van der Waals surface area contributed by atoms with Crippen molar-refractivity contribution in [1.82, 2.24) is 19.5 Å². The highest BCUT2D eigenvalue weighted by Gasteiger charge is 2.08. The molecule has 0 aliphatic rings. The van der Waals surface area contributed by atoms with Crippen LogP contribution in [0.4, 0.5) is 5.82 Å². The molecule has 0 spiro atoms. The summed E-state index contributed by atoms with van der Waals surface area (Å²) in [6, 6.07) is 1.50. The molecule has 2 heterocycles. The normalized spacial score (nSPS) is 10.6. The first-order chi connectivity index (χ1) is 8.60. The van der Waals surface area contributed by atoms with Gasteiger partial charge in [0, 0.05) is 39.0 Å². The molecule has 0 bridgehead atoms. The van der Waals surface area contributed by atoms with Crippen molar-refractivity contribution < 1.29 is 0 Å². The smallest absolute Gasteiger partial charge is 0.252 e. The number of hydrogen-bond donors (Lipinski definition) is 1. The van der Waals surface area contributed by atoms with Crippen LogP contribution >= 0.6 is 0 Å². The van der Waals surface area contributed by atoms with Gasteiger partial charge in [0.1, 0.15) is 17.5 Å². The molecule has 0 radical (unpaired) electrons. The van der Waals surface area contributed by atoms with E-state index in [-0.39, 0.29) is 5.56 Å². The highest BCUT2D eigenvalue weighted by Crippen LogP contribution is 2.09. The minimum atomic E-state index is -0.122. The van der Waals surface area contributed by atoms with Gasteiger partial charge in [0.25, 0.3) is 5.56 Å². The maximum atomic E-state index is 11.5. The number of anilines is 1. The lowest BCUT2D eigenvalue weighted by Crippen LogP contribution is -2.23. The van der Waals surface area contributed by atoms with Gasteiger partial charge in [0.15, 0.2) is 0 Å². The third-order valence-corrected chi connectivity index (χ3v) is 2.80. The van der Waals surface area contributed by atoms with E-state index in [1.54, 1.807) is 6.20 Å². The topological polar surface area (TPSA) is 66.8 Å². The van der Waals surface area contributed by atoms with Crippen molar-refractivity contribution in [2.45, 2.75) is 19.9 Å². The van der Waals surface area contributed by atoms with Crippen molar-refractivity contribution in [2.75, 3.05) is 11.9 Å². The van der Waals surface area contributed by atoms with Crippen LogP contribution in [0.5, 0.6) is 0 Å². The summed E-state index contributed by atoms with van der Waals surface area (Å²) in [4.78, 5) is 24.8. The van der Waals surface area contributed by atoms with Gasteiger partial charge in [-0.25, -0.2) is 9.97 Å². The summed E-state index contributed by atoms with van der Waals surface area (Å²) in [6.45, 7) is 2.57. The van der Waals surface area contributed by atoms with Crippen molar-refractivity contribution >= 4 is 5.82 Å². The molecule has 0 aliphatic carbocycles. The van der Waals surface area contributed by atoms with Gasteiger partial charge in [-0.1, -0.05) is 6.92 Å². The Balaban J connectivity index is 2.23. The van der Waals surface area contributed by atoms with Crippen LogP contribution < -0.4 is 10.5 Å². The second-order valence-corrected chi connectivity index (χ2v) is 4.21. The number of aromatic amines is 1. The first-order valence-electron chi connectivity index (χ1n) is 5.87. The first-order valence-corrected chi connectivity index (χ1v) is 5.87. The van der Waals surface area contributed by atoms with Crippen molar-refractivity contribution in [3.63, 3.8) is 0 Å². The molecule has 1 N–H and O–H groups in total. The zero-order chi connectivity index (χ0) is 13.1. The summed E-state index contributed by atoms with van der Waals surface area (Å²) in [7, 11) is 3.84. The standard InChI is InChI=1S/C12H17N5O/c1-4-9-14-10(7-12(18)15-9)17(3)8-11-13-5-6-16(11)2/h5-7H,4,8H2,1-3H3,(H,14,15,18). The SMILES string of the molecule is CCc1nc(N(C)Cc2nccn2C)cc(=O)[nH]1. The lowest BCUT2D eigenvalue weighted by Gasteiger charge is -2.17. The largest absolute Gasteiger partial charge is 0.352 e. The maximum absolute atomic E-state index is 11.5. The zero-order valence-corrected chi connectivity index (χ0v) is 10.8. The first kappa shape index (κ1) is 12.3. The van der Waals surface area contributed by atoms with E-state index in [0.29, 0.717) is 24.6 Å². The van der Waals surface area contributed by atoms with Crippen molar-refractivity contribution in [3.8, 4) is 0 Å². The Morgan fingerprint density at radius 1 is 1.50 bits per heavy atom. The highest BCUT2D eigenvalue weighted by atomic mass is 16.1. The fourth-order valence-corrected chi connectivity index (χ4v) is 1.70. The predicted octanol–water partition coefficient (Wildman–Crippen LogP) is 0.702. The molecule has 6 nitrogen and oxygen atoms in total. The summed E-state index contributed by atoms with van der Waals surface area (Å²) in [5.74, 6) is 2.29. The van der Waals surface area contributed by atoms with Gasteiger partial charge in [0.2, 0.25) is 0 Å². The van der Waals surface area contributed by atoms with E-state index in [1.165, 1.54) is 6.07 Å². The third kappa shape index (κ3) is 2.58. The average molecular weight is 247 g/mol. The average Bonchev–Trinajstić information content (AvgIpc) is 2.74. The fourth-order valence-electron chi connectivity index (χ4n) is 1.70. The summed E-state index contributed by atoms with van der Waals surface area (Å²) in [6.07, 6.45) is 4.36. The van der Waals surface area contributed by atoms with Gasteiger partial charge in [-0.2, -0.15) is 0 Å². The molecule has 2 rings (SSSR count). The lowest BCUT2D eigenvalue weighted by molar-refractivity contribution is 0.749. The summed E-state index contributed by atoms with van der Waals surface area (Å²) < 4.78 is 1.95.